The third-order valence-corrected chi connectivity index (χ3v) is 4.88. The Morgan fingerprint density at radius 1 is 1.47 bits per heavy atom. The zero-order chi connectivity index (χ0) is 13.2. The topological polar surface area (TPSA) is 29.9 Å². The monoisotopic (exact) mass is 275 g/mol. The van der Waals surface area contributed by atoms with Crippen LogP contribution in [0.2, 0.25) is 0 Å². The Bertz CT molecular complexity index is 555. The van der Waals surface area contributed by atoms with Crippen molar-refractivity contribution in [2.24, 2.45) is 0 Å². The Morgan fingerprint density at radius 3 is 3.11 bits per heavy atom. The van der Waals surface area contributed by atoms with Crippen molar-refractivity contribution in [3.8, 4) is 0 Å². The van der Waals surface area contributed by atoms with E-state index in [2.05, 4.69) is 47.3 Å². The third-order valence-electron chi connectivity index (χ3n) is 3.88. The number of thiophene rings is 1. The first kappa shape index (κ1) is 12.9. The molecule has 1 N–H and O–H groups in total. The highest BCUT2D eigenvalue weighted by Crippen LogP contribution is 2.30. The van der Waals surface area contributed by atoms with Crippen LogP contribution in [0.25, 0.3) is 0 Å². The molecule has 0 bridgehead atoms. The molecule has 0 fully saturated rings. The van der Waals surface area contributed by atoms with E-state index in [0.717, 1.165) is 13.1 Å². The Morgan fingerprint density at radius 2 is 2.37 bits per heavy atom. The fraction of sp³-hybridized carbons (Fsp3) is 0.533. The quantitative estimate of drug-likeness (QED) is 0.926. The Balaban J connectivity index is 1.71. The number of hydrogen-bond acceptors (Lipinski definition) is 3. The van der Waals surface area contributed by atoms with Gasteiger partial charge in [-0.3, -0.25) is 4.68 Å². The predicted octanol–water partition coefficient (Wildman–Crippen LogP) is 3.44. The molecule has 0 aliphatic heterocycles. The van der Waals surface area contributed by atoms with Crippen molar-refractivity contribution in [3.05, 3.63) is 39.3 Å². The highest BCUT2D eigenvalue weighted by Gasteiger charge is 2.23. The summed E-state index contributed by atoms with van der Waals surface area (Å²) in [5.74, 6) is 0. The molecular formula is C15H21N3S. The van der Waals surface area contributed by atoms with E-state index in [0.29, 0.717) is 6.04 Å². The lowest BCUT2D eigenvalue weighted by Gasteiger charge is -2.24. The van der Waals surface area contributed by atoms with E-state index < -0.39 is 0 Å². The number of nitrogens with zero attached hydrogens (tertiary/aromatic N) is 2. The molecule has 0 radical (unpaired) electrons. The van der Waals surface area contributed by atoms with Crippen LogP contribution < -0.4 is 5.32 Å². The number of aromatic nitrogens is 2. The van der Waals surface area contributed by atoms with Gasteiger partial charge in [0.2, 0.25) is 0 Å². The first-order chi connectivity index (χ1) is 9.28. The Kier molecular flexibility index (Phi) is 3.71. The second-order valence-corrected chi connectivity index (χ2v) is 6.57. The molecule has 2 aromatic heterocycles. The second kappa shape index (κ2) is 5.47. The van der Waals surface area contributed by atoms with Crippen LogP contribution >= 0.6 is 11.3 Å². The van der Waals surface area contributed by atoms with E-state index in [1.54, 1.807) is 0 Å². The lowest BCUT2D eigenvalue weighted by atomic mass is 9.93. The minimum absolute atomic E-state index is 0.478. The van der Waals surface area contributed by atoms with Crippen LogP contribution in [0.5, 0.6) is 0 Å². The fourth-order valence-electron chi connectivity index (χ4n) is 2.91. The van der Waals surface area contributed by atoms with Crippen LogP contribution in [-0.4, -0.2) is 9.78 Å². The highest BCUT2D eigenvalue weighted by molar-refractivity contribution is 7.11. The van der Waals surface area contributed by atoms with Crippen LogP contribution in [0, 0.1) is 6.92 Å². The average molecular weight is 275 g/mol. The van der Waals surface area contributed by atoms with Gasteiger partial charge in [0.05, 0.1) is 6.20 Å². The van der Waals surface area contributed by atoms with Gasteiger partial charge in [0.15, 0.2) is 0 Å². The van der Waals surface area contributed by atoms with E-state index in [1.807, 2.05) is 11.3 Å². The maximum absolute atomic E-state index is 4.50. The van der Waals surface area contributed by atoms with Crippen molar-refractivity contribution in [1.29, 1.82) is 0 Å². The molecule has 2 heterocycles. The fourth-order valence-corrected chi connectivity index (χ4v) is 3.75. The van der Waals surface area contributed by atoms with E-state index in [-0.39, 0.29) is 0 Å². The number of hydrogen-bond donors (Lipinski definition) is 1. The molecule has 0 aromatic carbocycles. The molecule has 3 rings (SSSR count). The Labute approximate surface area is 118 Å². The second-order valence-electron chi connectivity index (χ2n) is 5.20. The molecule has 2 aromatic rings. The minimum atomic E-state index is 0.478. The molecule has 0 amide bonds. The molecule has 0 spiro atoms. The zero-order valence-corrected chi connectivity index (χ0v) is 12.5. The molecule has 0 saturated carbocycles. The van der Waals surface area contributed by atoms with Crippen molar-refractivity contribution in [1.82, 2.24) is 15.1 Å². The summed E-state index contributed by atoms with van der Waals surface area (Å²) in [5, 5.41) is 8.21. The van der Waals surface area contributed by atoms with E-state index in [4.69, 9.17) is 0 Å². The van der Waals surface area contributed by atoms with Crippen molar-refractivity contribution < 1.29 is 0 Å². The van der Waals surface area contributed by atoms with Crippen LogP contribution in [0.15, 0.2) is 18.3 Å². The van der Waals surface area contributed by atoms with Gasteiger partial charge < -0.3 is 5.32 Å². The van der Waals surface area contributed by atoms with Gasteiger partial charge in [-0.25, -0.2) is 0 Å². The van der Waals surface area contributed by atoms with Gasteiger partial charge in [-0.1, -0.05) is 0 Å². The van der Waals surface area contributed by atoms with Gasteiger partial charge in [0.25, 0.3) is 0 Å². The zero-order valence-electron chi connectivity index (χ0n) is 11.6. The molecule has 3 nitrogen and oxygen atoms in total. The maximum atomic E-state index is 4.50. The minimum Gasteiger partial charge on any atom is -0.305 e. The molecule has 1 atom stereocenters. The van der Waals surface area contributed by atoms with Gasteiger partial charge in [-0.05, 0) is 45.2 Å². The summed E-state index contributed by atoms with van der Waals surface area (Å²) in [7, 11) is 0. The van der Waals surface area contributed by atoms with Crippen molar-refractivity contribution in [2.45, 2.75) is 52.2 Å². The SMILES string of the molecule is CCn1ncc2c1CCC[C@@H]2NCc1ccc(C)s1. The molecular weight excluding hydrogens is 254 g/mol. The number of aryl methyl sites for hydroxylation is 2. The van der Waals surface area contributed by atoms with Gasteiger partial charge in [-0.2, -0.15) is 5.10 Å². The lowest BCUT2D eigenvalue weighted by molar-refractivity contribution is 0.449. The summed E-state index contributed by atoms with van der Waals surface area (Å²) in [6.45, 7) is 6.28. The molecule has 19 heavy (non-hydrogen) atoms. The van der Waals surface area contributed by atoms with Crippen LogP contribution in [0.4, 0.5) is 0 Å². The van der Waals surface area contributed by atoms with Crippen LogP contribution in [-0.2, 0) is 19.5 Å². The highest BCUT2D eigenvalue weighted by atomic mass is 32.1. The van der Waals surface area contributed by atoms with E-state index in [9.17, 15) is 0 Å². The largest absolute Gasteiger partial charge is 0.305 e. The molecule has 0 unspecified atom stereocenters. The smallest absolute Gasteiger partial charge is 0.0540 e. The number of fused-ring (bicyclic) bond motifs is 1. The van der Waals surface area contributed by atoms with Gasteiger partial charge in [-0.15, -0.1) is 11.3 Å². The first-order valence-corrected chi connectivity index (χ1v) is 7.93. The molecule has 1 aliphatic carbocycles. The van der Waals surface area contributed by atoms with Crippen molar-refractivity contribution in [3.63, 3.8) is 0 Å². The lowest BCUT2D eigenvalue weighted by Crippen LogP contribution is -2.24. The summed E-state index contributed by atoms with van der Waals surface area (Å²) in [4.78, 5) is 2.81. The normalized spacial score (nSPS) is 18.5. The predicted molar refractivity (Wildman–Crippen MR) is 79.5 cm³/mol. The molecule has 102 valence electrons. The number of nitrogens with one attached hydrogen (secondary N) is 1. The molecule has 1 aliphatic rings. The van der Waals surface area contributed by atoms with Gasteiger partial charge >= 0.3 is 0 Å². The first-order valence-electron chi connectivity index (χ1n) is 7.11. The summed E-state index contributed by atoms with van der Waals surface area (Å²) < 4.78 is 2.15. The molecule has 0 saturated heterocycles. The summed E-state index contributed by atoms with van der Waals surface area (Å²) in [5.41, 5.74) is 2.86. The van der Waals surface area contributed by atoms with E-state index >= 15 is 0 Å². The van der Waals surface area contributed by atoms with Gasteiger partial charge in [0.1, 0.15) is 0 Å². The van der Waals surface area contributed by atoms with Crippen LogP contribution in [0.1, 0.15) is 46.8 Å². The number of rotatable bonds is 4. The van der Waals surface area contributed by atoms with Gasteiger partial charge in [0, 0.05) is 40.1 Å². The summed E-state index contributed by atoms with van der Waals surface area (Å²) in [6, 6.07) is 4.90. The summed E-state index contributed by atoms with van der Waals surface area (Å²) in [6.07, 6.45) is 5.74. The third kappa shape index (κ3) is 2.60. The molecule has 4 heteroatoms. The Hall–Kier alpha value is -1.13. The standard InChI is InChI=1S/C15H21N3S/c1-3-18-15-6-4-5-14(13(15)10-17-18)16-9-12-8-7-11(2)19-12/h7-8,10,14,16H,3-6,9H2,1-2H3/t14-/m0/s1. The maximum Gasteiger partial charge on any atom is 0.0540 e. The average Bonchev–Trinajstić information content (AvgIpc) is 3.02. The van der Waals surface area contributed by atoms with Crippen molar-refractivity contribution in [2.75, 3.05) is 0 Å². The van der Waals surface area contributed by atoms with Crippen molar-refractivity contribution >= 4 is 11.3 Å². The summed E-state index contributed by atoms with van der Waals surface area (Å²) >= 11 is 1.88. The van der Waals surface area contributed by atoms with Crippen LogP contribution in [0.3, 0.4) is 0 Å². The van der Waals surface area contributed by atoms with E-state index in [1.165, 1.54) is 40.3 Å².